The first kappa shape index (κ1) is 17.9. The summed E-state index contributed by atoms with van der Waals surface area (Å²) in [6.07, 6.45) is 0.812. The van der Waals surface area contributed by atoms with Crippen LogP contribution in [0, 0.1) is 0 Å². The van der Waals surface area contributed by atoms with Crippen LogP contribution in [0.4, 0.5) is 0 Å². The molecule has 0 fully saturated rings. The van der Waals surface area contributed by atoms with Gasteiger partial charge in [-0.1, -0.05) is 12.1 Å². The van der Waals surface area contributed by atoms with E-state index in [4.69, 9.17) is 11.6 Å². The Kier molecular flexibility index (Phi) is 7.14. The minimum atomic E-state index is -3.58. The summed E-state index contributed by atoms with van der Waals surface area (Å²) in [4.78, 5) is 11.6. The van der Waals surface area contributed by atoms with E-state index in [0.29, 0.717) is 12.3 Å². The minimum Gasteiger partial charge on any atom is -0.354 e. The van der Waals surface area contributed by atoms with Crippen molar-refractivity contribution in [2.75, 3.05) is 12.4 Å². The van der Waals surface area contributed by atoms with E-state index >= 15 is 0 Å². The third kappa shape index (κ3) is 6.46. The lowest BCUT2D eigenvalue weighted by atomic mass is 10.2. The first-order chi connectivity index (χ1) is 9.85. The lowest BCUT2D eigenvalue weighted by molar-refractivity contribution is -0.121. The van der Waals surface area contributed by atoms with Crippen LogP contribution in [0.15, 0.2) is 29.2 Å². The van der Waals surface area contributed by atoms with E-state index < -0.39 is 10.0 Å². The Morgan fingerprint density at radius 1 is 1.24 bits per heavy atom. The Hall–Kier alpha value is -1.11. The van der Waals surface area contributed by atoms with Gasteiger partial charge in [0.25, 0.3) is 0 Å². The predicted molar refractivity (Wildman–Crippen MR) is 84.0 cm³/mol. The summed E-state index contributed by atoms with van der Waals surface area (Å²) in [7, 11) is -3.58. The van der Waals surface area contributed by atoms with Gasteiger partial charge >= 0.3 is 0 Å². The third-order valence-corrected chi connectivity index (χ3v) is 4.38. The molecule has 0 saturated heterocycles. The average Bonchev–Trinajstić information content (AvgIpc) is 2.38. The molecule has 2 N–H and O–H groups in total. The number of sulfonamides is 1. The number of carbonyl (C=O) groups excluding carboxylic acids is 1. The number of hydrogen-bond acceptors (Lipinski definition) is 3. The molecule has 1 aromatic carbocycles. The normalized spacial score (nSPS) is 11.6. The molecule has 0 heterocycles. The number of alkyl halides is 1. The second-order valence-corrected chi connectivity index (χ2v) is 7.10. The van der Waals surface area contributed by atoms with Gasteiger partial charge in [0, 0.05) is 24.9 Å². The number of carbonyl (C=O) groups is 1. The molecule has 1 aromatic rings. The molecule has 0 bridgehead atoms. The molecule has 0 radical (unpaired) electrons. The Labute approximate surface area is 131 Å². The van der Waals surface area contributed by atoms with Crippen molar-refractivity contribution in [3.8, 4) is 0 Å². The van der Waals surface area contributed by atoms with Gasteiger partial charge in [-0.3, -0.25) is 4.79 Å². The Morgan fingerprint density at radius 3 is 2.38 bits per heavy atom. The van der Waals surface area contributed by atoms with E-state index in [2.05, 4.69) is 10.0 Å². The van der Waals surface area contributed by atoms with Crippen molar-refractivity contribution in [2.24, 2.45) is 0 Å². The van der Waals surface area contributed by atoms with Crippen LogP contribution < -0.4 is 10.0 Å². The molecule has 0 spiro atoms. The van der Waals surface area contributed by atoms with Gasteiger partial charge in [0.2, 0.25) is 15.9 Å². The fourth-order valence-corrected chi connectivity index (χ4v) is 2.97. The quantitative estimate of drug-likeness (QED) is 0.711. The molecule has 5 nitrogen and oxygen atoms in total. The number of rotatable bonds is 8. The van der Waals surface area contributed by atoms with Crippen molar-refractivity contribution in [1.29, 1.82) is 0 Å². The summed E-state index contributed by atoms with van der Waals surface area (Å²) in [5.41, 5.74) is 0.986. The van der Waals surface area contributed by atoms with Gasteiger partial charge < -0.3 is 5.32 Å². The summed E-state index contributed by atoms with van der Waals surface area (Å²) in [5, 5.41) is 2.70. The number of halogens is 1. The molecular formula is C14H21ClN2O3S. The van der Waals surface area contributed by atoms with E-state index in [1.807, 2.05) is 13.8 Å². The van der Waals surface area contributed by atoms with E-state index in [-0.39, 0.29) is 29.8 Å². The molecule has 0 saturated carbocycles. The summed E-state index contributed by atoms with van der Waals surface area (Å²) in [6, 6.07) is 6.60. The summed E-state index contributed by atoms with van der Waals surface area (Å²) < 4.78 is 26.5. The lowest BCUT2D eigenvalue weighted by Crippen LogP contribution is -2.34. The Morgan fingerprint density at radius 2 is 1.86 bits per heavy atom. The molecule has 0 aromatic heterocycles. The van der Waals surface area contributed by atoms with Crippen LogP contribution in [0.1, 0.15) is 25.8 Å². The van der Waals surface area contributed by atoms with Crippen molar-refractivity contribution in [3.05, 3.63) is 29.8 Å². The van der Waals surface area contributed by atoms with Crippen LogP contribution in [0.5, 0.6) is 0 Å². The molecule has 0 aliphatic heterocycles. The summed E-state index contributed by atoms with van der Waals surface area (Å²) >= 11 is 5.63. The highest BCUT2D eigenvalue weighted by molar-refractivity contribution is 7.89. The first-order valence-corrected chi connectivity index (χ1v) is 8.81. The van der Waals surface area contributed by atoms with Crippen molar-refractivity contribution >= 4 is 27.5 Å². The van der Waals surface area contributed by atoms with E-state index in [1.54, 1.807) is 24.3 Å². The van der Waals surface area contributed by atoms with Crippen molar-refractivity contribution in [3.63, 3.8) is 0 Å². The monoisotopic (exact) mass is 332 g/mol. The smallest absolute Gasteiger partial charge is 0.240 e. The molecule has 118 valence electrons. The number of hydrogen-bond donors (Lipinski definition) is 2. The molecule has 21 heavy (non-hydrogen) atoms. The van der Waals surface area contributed by atoms with Gasteiger partial charge in [0.05, 0.1) is 4.90 Å². The largest absolute Gasteiger partial charge is 0.354 e. The zero-order valence-electron chi connectivity index (χ0n) is 12.2. The molecule has 1 amide bonds. The SMILES string of the molecule is CC(C)NC(=O)CCNS(=O)(=O)c1ccc(CCCl)cc1. The summed E-state index contributed by atoms with van der Waals surface area (Å²) in [6.45, 7) is 3.78. The van der Waals surface area contributed by atoms with Crippen molar-refractivity contribution in [2.45, 2.75) is 37.6 Å². The molecular weight excluding hydrogens is 312 g/mol. The topological polar surface area (TPSA) is 75.3 Å². The van der Waals surface area contributed by atoms with Gasteiger partial charge in [-0.15, -0.1) is 11.6 Å². The molecule has 0 aliphatic carbocycles. The molecule has 7 heteroatoms. The molecule has 1 rings (SSSR count). The fraction of sp³-hybridized carbons (Fsp3) is 0.500. The van der Waals surface area contributed by atoms with Crippen LogP contribution >= 0.6 is 11.6 Å². The van der Waals surface area contributed by atoms with Gasteiger partial charge in [0.15, 0.2) is 0 Å². The van der Waals surface area contributed by atoms with Gasteiger partial charge in [0.1, 0.15) is 0 Å². The third-order valence-electron chi connectivity index (χ3n) is 2.71. The standard InChI is InChI=1S/C14H21ClN2O3S/c1-11(2)17-14(18)8-10-16-21(19,20)13-5-3-12(4-6-13)7-9-15/h3-6,11,16H,7-10H2,1-2H3,(H,17,18). The van der Waals surface area contributed by atoms with E-state index in [0.717, 1.165) is 5.56 Å². The van der Waals surface area contributed by atoms with Crippen LogP contribution in [-0.4, -0.2) is 32.8 Å². The van der Waals surface area contributed by atoms with Gasteiger partial charge in [-0.2, -0.15) is 0 Å². The van der Waals surface area contributed by atoms with Crippen LogP contribution in [0.2, 0.25) is 0 Å². The van der Waals surface area contributed by atoms with Crippen LogP contribution in [0.3, 0.4) is 0 Å². The Bertz CT molecular complexity index is 556. The van der Waals surface area contributed by atoms with Crippen LogP contribution in [0.25, 0.3) is 0 Å². The predicted octanol–water partition coefficient (Wildman–Crippen LogP) is 1.66. The first-order valence-electron chi connectivity index (χ1n) is 6.79. The zero-order chi connectivity index (χ0) is 15.9. The zero-order valence-corrected chi connectivity index (χ0v) is 13.8. The fourth-order valence-electron chi connectivity index (χ4n) is 1.72. The lowest BCUT2D eigenvalue weighted by Gasteiger charge is -2.09. The van der Waals surface area contributed by atoms with Crippen LogP contribution in [-0.2, 0) is 21.2 Å². The second-order valence-electron chi connectivity index (χ2n) is 4.95. The van der Waals surface area contributed by atoms with E-state index in [1.165, 1.54) is 0 Å². The maximum Gasteiger partial charge on any atom is 0.240 e. The maximum atomic E-state index is 12.0. The van der Waals surface area contributed by atoms with Gasteiger partial charge in [-0.25, -0.2) is 13.1 Å². The van der Waals surface area contributed by atoms with Crippen molar-refractivity contribution < 1.29 is 13.2 Å². The Balaban J connectivity index is 2.55. The van der Waals surface area contributed by atoms with Crippen molar-refractivity contribution in [1.82, 2.24) is 10.0 Å². The number of benzene rings is 1. The highest BCUT2D eigenvalue weighted by Gasteiger charge is 2.14. The molecule has 0 aliphatic rings. The van der Waals surface area contributed by atoms with Gasteiger partial charge in [-0.05, 0) is 38.0 Å². The number of aryl methyl sites for hydroxylation is 1. The average molecular weight is 333 g/mol. The molecule has 0 atom stereocenters. The second kappa shape index (κ2) is 8.36. The highest BCUT2D eigenvalue weighted by Crippen LogP contribution is 2.11. The maximum absolute atomic E-state index is 12.0. The number of nitrogens with one attached hydrogen (secondary N) is 2. The number of amides is 1. The summed E-state index contributed by atoms with van der Waals surface area (Å²) in [5.74, 6) is 0.320. The molecule has 0 unspecified atom stereocenters. The van der Waals surface area contributed by atoms with E-state index in [9.17, 15) is 13.2 Å². The highest BCUT2D eigenvalue weighted by atomic mass is 35.5. The minimum absolute atomic E-state index is 0.0450.